The molecule has 3 aliphatic rings. The van der Waals surface area contributed by atoms with E-state index in [9.17, 15) is 30.8 Å². The minimum atomic E-state index is -4.19. The van der Waals surface area contributed by atoms with Crippen molar-refractivity contribution < 1.29 is 35.5 Å². The summed E-state index contributed by atoms with van der Waals surface area (Å²) in [6, 6.07) is 2.43. The molecule has 0 radical (unpaired) electrons. The van der Waals surface area contributed by atoms with E-state index in [1.807, 2.05) is 11.6 Å². The van der Waals surface area contributed by atoms with Crippen LogP contribution in [-0.2, 0) is 10.2 Å². The maximum atomic E-state index is 14.8. The Morgan fingerprint density at radius 1 is 1.18 bits per heavy atom. The molecule has 1 aliphatic heterocycles. The van der Waals surface area contributed by atoms with E-state index in [-0.39, 0.29) is 36.7 Å². The van der Waals surface area contributed by atoms with Gasteiger partial charge in [0, 0.05) is 24.6 Å². The molecule has 184 valence electrons. The van der Waals surface area contributed by atoms with Gasteiger partial charge in [-0.2, -0.15) is 25.9 Å². The van der Waals surface area contributed by atoms with E-state index in [0.717, 1.165) is 23.2 Å². The van der Waals surface area contributed by atoms with Crippen molar-refractivity contribution in [1.82, 2.24) is 9.03 Å². The van der Waals surface area contributed by atoms with Crippen LogP contribution in [0.25, 0.3) is 0 Å². The summed E-state index contributed by atoms with van der Waals surface area (Å²) >= 11 is 0. The maximum Gasteiger partial charge on any atom is 0.391 e. The van der Waals surface area contributed by atoms with Crippen LogP contribution >= 0.6 is 0 Å². The van der Waals surface area contributed by atoms with Crippen molar-refractivity contribution in [3.8, 4) is 5.75 Å². The molecule has 6 nitrogen and oxygen atoms in total. The summed E-state index contributed by atoms with van der Waals surface area (Å²) < 4.78 is 87.0. The number of ether oxygens (including phenoxy) is 1. The number of nitrogens with zero attached hydrogens (tertiary/aromatic N) is 1. The molecule has 1 saturated heterocycles. The van der Waals surface area contributed by atoms with Gasteiger partial charge in [-0.25, -0.2) is 9.11 Å². The van der Waals surface area contributed by atoms with Gasteiger partial charge in [0.1, 0.15) is 11.6 Å². The van der Waals surface area contributed by atoms with Gasteiger partial charge >= 0.3 is 16.4 Å². The van der Waals surface area contributed by atoms with Crippen LogP contribution in [0.5, 0.6) is 5.75 Å². The number of carbonyl (C=O) groups is 1. The zero-order valence-corrected chi connectivity index (χ0v) is 19.2. The normalized spacial score (nSPS) is 26.5. The molecule has 3 fully saturated rings. The first kappa shape index (κ1) is 24.3. The molecule has 1 heterocycles. The number of hydrogen-bond donors (Lipinski definition) is 1. The van der Waals surface area contributed by atoms with Crippen molar-refractivity contribution >= 4 is 16.1 Å². The molecule has 2 aliphatic carbocycles. The number of alkyl halides is 3. The molecule has 1 N–H and O–H groups in total. The third-order valence-electron chi connectivity index (χ3n) is 6.97. The van der Waals surface area contributed by atoms with Gasteiger partial charge in [-0.05, 0) is 62.5 Å². The number of nitrogens with one attached hydrogen (secondary N) is 1. The summed E-state index contributed by atoms with van der Waals surface area (Å²) in [7, 11) is -4.01. The second kappa shape index (κ2) is 8.72. The maximum absolute atomic E-state index is 14.8. The lowest BCUT2D eigenvalue weighted by atomic mass is 9.72. The van der Waals surface area contributed by atoms with Gasteiger partial charge in [-0.1, -0.05) is 6.92 Å². The first-order valence-electron chi connectivity index (χ1n) is 11.2. The zero-order chi connectivity index (χ0) is 24.0. The van der Waals surface area contributed by atoms with Crippen molar-refractivity contribution in [3.63, 3.8) is 0 Å². The molecule has 0 unspecified atom stereocenters. The van der Waals surface area contributed by atoms with Crippen LogP contribution in [0.4, 0.5) is 17.6 Å². The molecule has 2 saturated carbocycles. The van der Waals surface area contributed by atoms with Crippen molar-refractivity contribution in [2.75, 3.05) is 19.7 Å². The number of carbonyl (C=O) groups excluding carboxylic acids is 1. The molecule has 1 amide bonds. The van der Waals surface area contributed by atoms with Gasteiger partial charge in [0.15, 0.2) is 0 Å². The van der Waals surface area contributed by atoms with Crippen LogP contribution in [0.3, 0.4) is 0 Å². The highest BCUT2D eigenvalue weighted by molar-refractivity contribution is 7.87. The fourth-order valence-electron chi connectivity index (χ4n) is 4.39. The molecule has 11 heteroatoms. The number of halogens is 4. The Morgan fingerprint density at radius 2 is 1.82 bits per heavy atom. The van der Waals surface area contributed by atoms with E-state index in [4.69, 9.17) is 4.74 Å². The van der Waals surface area contributed by atoms with E-state index in [1.165, 1.54) is 6.07 Å². The second-order valence-corrected chi connectivity index (χ2v) is 11.4. The smallest absolute Gasteiger partial charge is 0.391 e. The summed E-state index contributed by atoms with van der Waals surface area (Å²) in [5.41, 5.74) is -0.207. The van der Waals surface area contributed by atoms with E-state index in [0.29, 0.717) is 37.9 Å². The van der Waals surface area contributed by atoms with Crippen molar-refractivity contribution in [2.45, 2.75) is 64.0 Å². The average molecular weight is 493 g/mol. The Bertz CT molecular complexity index is 1010. The SMILES string of the molecule is C[C@]1(COc2cc(F)c(C(=O)NS(=O)(=O)N3CCC3)cc2C2CC2)CC[C@@H](C(F)(F)F)CC1. The highest BCUT2D eigenvalue weighted by Gasteiger charge is 2.44. The van der Waals surface area contributed by atoms with Gasteiger partial charge in [0.2, 0.25) is 0 Å². The van der Waals surface area contributed by atoms with Crippen LogP contribution in [0.15, 0.2) is 12.1 Å². The third-order valence-corrected chi connectivity index (χ3v) is 8.46. The number of hydrogen-bond acceptors (Lipinski definition) is 4. The first-order valence-corrected chi connectivity index (χ1v) is 12.7. The minimum absolute atomic E-state index is 0.0395. The van der Waals surface area contributed by atoms with E-state index in [2.05, 4.69) is 0 Å². The number of rotatable bonds is 7. The third kappa shape index (κ3) is 5.45. The highest BCUT2D eigenvalue weighted by atomic mass is 32.2. The summed E-state index contributed by atoms with van der Waals surface area (Å²) in [6.45, 7) is 2.64. The van der Waals surface area contributed by atoms with Crippen LogP contribution in [0.1, 0.15) is 73.7 Å². The van der Waals surface area contributed by atoms with Crippen LogP contribution < -0.4 is 9.46 Å². The Morgan fingerprint density at radius 3 is 2.33 bits per heavy atom. The predicted molar refractivity (Wildman–Crippen MR) is 113 cm³/mol. The summed E-state index contributed by atoms with van der Waals surface area (Å²) in [4.78, 5) is 12.5. The molecular formula is C22H28F4N2O4S. The van der Waals surface area contributed by atoms with Crippen LogP contribution in [-0.4, -0.2) is 44.5 Å². The molecule has 1 aromatic rings. The van der Waals surface area contributed by atoms with Gasteiger partial charge in [0.25, 0.3) is 5.91 Å². The van der Waals surface area contributed by atoms with Crippen molar-refractivity contribution in [1.29, 1.82) is 0 Å². The Balaban J connectivity index is 1.46. The van der Waals surface area contributed by atoms with Gasteiger partial charge < -0.3 is 4.74 Å². The van der Waals surface area contributed by atoms with E-state index in [1.54, 1.807) is 0 Å². The van der Waals surface area contributed by atoms with Gasteiger partial charge in [0.05, 0.1) is 18.1 Å². The Hall–Kier alpha value is -1.88. The molecule has 0 atom stereocenters. The lowest BCUT2D eigenvalue weighted by molar-refractivity contribution is -0.187. The topological polar surface area (TPSA) is 75.7 Å². The van der Waals surface area contributed by atoms with Gasteiger partial charge in [-0.15, -0.1) is 0 Å². The fourth-order valence-corrected chi connectivity index (χ4v) is 5.60. The quantitative estimate of drug-likeness (QED) is 0.568. The number of amides is 1. The standard InChI is InChI=1S/C22H28F4N2O4S/c1-21(7-5-15(6-8-21)22(24,25)26)13-32-19-12-18(23)17(11-16(19)14-3-4-14)20(29)27-33(30,31)28-9-2-10-28/h11-12,14-15H,2-10,13H2,1H3,(H,27,29)/t15-,21+. The average Bonchev–Trinajstić information content (AvgIpc) is 3.48. The summed E-state index contributed by atoms with van der Waals surface area (Å²) in [6.07, 6.45) is -1.03. The minimum Gasteiger partial charge on any atom is -0.493 e. The highest BCUT2D eigenvalue weighted by Crippen LogP contribution is 2.47. The van der Waals surface area contributed by atoms with Crippen molar-refractivity contribution in [2.24, 2.45) is 11.3 Å². The molecule has 0 bridgehead atoms. The largest absolute Gasteiger partial charge is 0.493 e. The molecule has 33 heavy (non-hydrogen) atoms. The van der Waals surface area contributed by atoms with E-state index < -0.39 is 39.4 Å². The van der Waals surface area contributed by atoms with Crippen molar-refractivity contribution in [3.05, 3.63) is 29.1 Å². The zero-order valence-electron chi connectivity index (χ0n) is 18.4. The first-order chi connectivity index (χ1) is 15.4. The fraction of sp³-hybridized carbons (Fsp3) is 0.682. The van der Waals surface area contributed by atoms with E-state index >= 15 is 0 Å². The molecule has 0 aromatic heterocycles. The van der Waals surface area contributed by atoms with Crippen LogP contribution in [0.2, 0.25) is 0 Å². The predicted octanol–water partition coefficient (Wildman–Crippen LogP) is 4.52. The Labute approximate surface area is 190 Å². The molecule has 4 rings (SSSR count). The molecular weight excluding hydrogens is 464 g/mol. The molecule has 0 spiro atoms. The summed E-state index contributed by atoms with van der Waals surface area (Å²) in [5, 5.41) is 0. The van der Waals surface area contributed by atoms with Gasteiger partial charge in [-0.3, -0.25) is 4.79 Å². The molecule has 1 aromatic carbocycles. The summed E-state index contributed by atoms with van der Waals surface area (Å²) in [5.74, 6) is -2.90. The lowest BCUT2D eigenvalue weighted by Gasteiger charge is -2.37. The Kier molecular flexibility index (Phi) is 6.41. The monoisotopic (exact) mass is 492 g/mol. The second-order valence-electron chi connectivity index (χ2n) is 9.75. The lowest BCUT2D eigenvalue weighted by Crippen LogP contribution is -2.49. The van der Waals surface area contributed by atoms with Crippen LogP contribution in [0, 0.1) is 17.2 Å². The number of benzene rings is 1.